The average molecular weight is 387 g/mol. The van der Waals surface area contributed by atoms with Gasteiger partial charge in [0, 0.05) is 13.1 Å². The summed E-state index contributed by atoms with van der Waals surface area (Å²) < 4.78 is 38.2. The van der Waals surface area contributed by atoms with E-state index < -0.39 is 11.7 Å². The van der Waals surface area contributed by atoms with Crippen LogP contribution in [0, 0.1) is 5.92 Å². The Bertz CT molecular complexity index is 758. The number of benzene rings is 2. The van der Waals surface area contributed by atoms with E-state index >= 15 is 0 Å². The summed E-state index contributed by atoms with van der Waals surface area (Å²) in [5, 5.41) is 0. The summed E-state index contributed by atoms with van der Waals surface area (Å²) in [6, 6.07) is 13.9. The lowest BCUT2D eigenvalue weighted by Crippen LogP contribution is -2.37. The van der Waals surface area contributed by atoms with Gasteiger partial charge in [-0.05, 0) is 72.9 Å². The van der Waals surface area contributed by atoms with Crippen LogP contribution < -0.4 is 0 Å². The molecule has 2 fully saturated rings. The second-order valence-corrected chi connectivity index (χ2v) is 8.45. The van der Waals surface area contributed by atoms with Gasteiger partial charge in [-0.25, -0.2) is 0 Å². The van der Waals surface area contributed by atoms with E-state index in [0.717, 1.165) is 35.7 Å². The highest BCUT2D eigenvalue weighted by atomic mass is 19.4. The number of likely N-dealkylation sites (tertiary alicyclic amines) is 1. The standard InChI is InChI=1S/C24H28F3N/c25-24(26,27)23-13-11-20(12-14-23)19-7-9-21(10-8-19)22-6-3-15-28(17-22)16-18-4-1-2-5-18/h7-14,18,22H,1-6,15-17H2. The van der Waals surface area contributed by atoms with Crippen molar-refractivity contribution in [2.75, 3.05) is 19.6 Å². The molecule has 1 nitrogen and oxygen atoms in total. The fourth-order valence-corrected chi connectivity index (χ4v) is 4.85. The highest BCUT2D eigenvalue weighted by Gasteiger charge is 2.30. The lowest BCUT2D eigenvalue weighted by atomic mass is 9.89. The molecule has 1 saturated heterocycles. The van der Waals surface area contributed by atoms with Gasteiger partial charge in [-0.1, -0.05) is 49.2 Å². The van der Waals surface area contributed by atoms with Gasteiger partial charge >= 0.3 is 6.18 Å². The third kappa shape index (κ3) is 4.60. The van der Waals surface area contributed by atoms with Crippen molar-refractivity contribution in [3.05, 3.63) is 59.7 Å². The quantitative estimate of drug-likeness (QED) is 0.561. The molecule has 4 heteroatoms. The topological polar surface area (TPSA) is 3.24 Å². The van der Waals surface area contributed by atoms with E-state index in [4.69, 9.17) is 0 Å². The zero-order valence-electron chi connectivity index (χ0n) is 16.2. The molecule has 1 heterocycles. The van der Waals surface area contributed by atoms with Crippen molar-refractivity contribution in [3.63, 3.8) is 0 Å². The van der Waals surface area contributed by atoms with Crippen LogP contribution in [0.15, 0.2) is 48.5 Å². The minimum atomic E-state index is -4.28. The first-order valence-electron chi connectivity index (χ1n) is 10.5. The van der Waals surface area contributed by atoms with Crippen LogP contribution in [0.25, 0.3) is 11.1 Å². The largest absolute Gasteiger partial charge is 0.416 e. The van der Waals surface area contributed by atoms with Gasteiger partial charge < -0.3 is 4.90 Å². The zero-order valence-corrected chi connectivity index (χ0v) is 16.2. The lowest BCUT2D eigenvalue weighted by molar-refractivity contribution is -0.137. The third-order valence-electron chi connectivity index (χ3n) is 6.42. The molecule has 150 valence electrons. The number of nitrogens with zero attached hydrogens (tertiary/aromatic N) is 1. The molecule has 0 radical (unpaired) electrons. The van der Waals surface area contributed by atoms with Crippen LogP contribution in [0.5, 0.6) is 0 Å². The Balaban J connectivity index is 1.41. The Labute approximate surface area is 165 Å². The second kappa shape index (κ2) is 8.28. The van der Waals surface area contributed by atoms with E-state index in [1.807, 2.05) is 12.1 Å². The van der Waals surface area contributed by atoms with Crippen LogP contribution in [0.4, 0.5) is 13.2 Å². The van der Waals surface area contributed by atoms with Crippen molar-refractivity contribution in [1.82, 2.24) is 4.90 Å². The molecule has 1 aliphatic carbocycles. The summed E-state index contributed by atoms with van der Waals surface area (Å²) in [5.41, 5.74) is 2.55. The smallest absolute Gasteiger partial charge is 0.302 e. The van der Waals surface area contributed by atoms with E-state index in [-0.39, 0.29) is 0 Å². The lowest BCUT2D eigenvalue weighted by Gasteiger charge is -2.34. The van der Waals surface area contributed by atoms with Gasteiger partial charge in [-0.2, -0.15) is 13.2 Å². The molecule has 1 aliphatic heterocycles. The molecule has 0 spiro atoms. The number of hydrogen-bond donors (Lipinski definition) is 0. The average Bonchev–Trinajstić information content (AvgIpc) is 3.21. The molecule has 0 amide bonds. The predicted molar refractivity (Wildman–Crippen MR) is 107 cm³/mol. The molecule has 1 unspecified atom stereocenters. The summed E-state index contributed by atoms with van der Waals surface area (Å²) in [6.45, 7) is 3.60. The summed E-state index contributed by atoms with van der Waals surface area (Å²) in [5.74, 6) is 1.46. The first-order chi connectivity index (χ1) is 13.5. The van der Waals surface area contributed by atoms with Crippen LogP contribution in [0.3, 0.4) is 0 Å². The summed E-state index contributed by atoms with van der Waals surface area (Å²) in [6.07, 6.45) is 3.76. The van der Waals surface area contributed by atoms with Crippen molar-refractivity contribution in [2.24, 2.45) is 5.92 Å². The highest BCUT2D eigenvalue weighted by molar-refractivity contribution is 5.64. The molecule has 4 rings (SSSR count). The molecule has 2 aromatic carbocycles. The van der Waals surface area contributed by atoms with Gasteiger partial charge in [0.15, 0.2) is 0 Å². The first kappa shape index (κ1) is 19.5. The summed E-state index contributed by atoms with van der Waals surface area (Å²) in [7, 11) is 0. The second-order valence-electron chi connectivity index (χ2n) is 8.45. The minimum absolute atomic E-state index is 0.566. The molecule has 28 heavy (non-hydrogen) atoms. The van der Waals surface area contributed by atoms with Gasteiger partial charge in [-0.3, -0.25) is 0 Å². The van der Waals surface area contributed by atoms with Crippen LogP contribution in [-0.4, -0.2) is 24.5 Å². The molecule has 2 aliphatic rings. The normalized spacial score (nSPS) is 21.9. The zero-order chi connectivity index (χ0) is 19.6. The molecule has 0 aromatic heterocycles. The highest BCUT2D eigenvalue weighted by Crippen LogP contribution is 2.33. The number of piperidine rings is 1. The van der Waals surface area contributed by atoms with Crippen molar-refractivity contribution in [3.8, 4) is 11.1 Å². The number of rotatable bonds is 4. The molecule has 0 bridgehead atoms. The van der Waals surface area contributed by atoms with Crippen molar-refractivity contribution < 1.29 is 13.2 Å². The van der Waals surface area contributed by atoms with Crippen molar-refractivity contribution in [2.45, 2.75) is 50.6 Å². The van der Waals surface area contributed by atoms with E-state index in [1.165, 1.54) is 57.2 Å². The first-order valence-corrected chi connectivity index (χ1v) is 10.5. The van der Waals surface area contributed by atoms with Gasteiger partial charge in [0.2, 0.25) is 0 Å². The van der Waals surface area contributed by atoms with Crippen LogP contribution in [0.2, 0.25) is 0 Å². The molecule has 1 atom stereocenters. The van der Waals surface area contributed by atoms with Gasteiger partial charge in [0.1, 0.15) is 0 Å². The van der Waals surface area contributed by atoms with Crippen LogP contribution >= 0.6 is 0 Å². The molecule has 1 saturated carbocycles. The fraction of sp³-hybridized carbons (Fsp3) is 0.500. The molecule has 0 N–H and O–H groups in total. The number of hydrogen-bond acceptors (Lipinski definition) is 1. The third-order valence-corrected chi connectivity index (χ3v) is 6.42. The van der Waals surface area contributed by atoms with Crippen molar-refractivity contribution >= 4 is 0 Å². The van der Waals surface area contributed by atoms with E-state index in [2.05, 4.69) is 17.0 Å². The molecular weight excluding hydrogens is 359 g/mol. The molecule has 2 aromatic rings. The van der Waals surface area contributed by atoms with Crippen LogP contribution in [0.1, 0.15) is 55.6 Å². The van der Waals surface area contributed by atoms with E-state index in [9.17, 15) is 13.2 Å². The minimum Gasteiger partial charge on any atom is -0.302 e. The SMILES string of the molecule is FC(F)(F)c1ccc(-c2ccc(C3CCCN(CC4CCCC4)C3)cc2)cc1. The Morgan fingerprint density at radius 3 is 2.00 bits per heavy atom. The summed E-state index contributed by atoms with van der Waals surface area (Å²) >= 11 is 0. The summed E-state index contributed by atoms with van der Waals surface area (Å²) in [4.78, 5) is 2.65. The van der Waals surface area contributed by atoms with Gasteiger partial charge in [0.05, 0.1) is 5.56 Å². The van der Waals surface area contributed by atoms with E-state index in [1.54, 1.807) is 12.1 Å². The monoisotopic (exact) mass is 387 g/mol. The van der Waals surface area contributed by atoms with Crippen molar-refractivity contribution in [1.29, 1.82) is 0 Å². The molecular formula is C24H28F3N. The number of halogens is 3. The van der Waals surface area contributed by atoms with Crippen LogP contribution in [-0.2, 0) is 6.18 Å². The predicted octanol–water partition coefficient (Wildman–Crippen LogP) is 6.74. The Hall–Kier alpha value is -1.81. The Morgan fingerprint density at radius 2 is 1.39 bits per heavy atom. The Kier molecular flexibility index (Phi) is 5.77. The maximum atomic E-state index is 12.7. The van der Waals surface area contributed by atoms with E-state index in [0.29, 0.717) is 5.92 Å². The van der Waals surface area contributed by atoms with Gasteiger partial charge in [0.25, 0.3) is 0 Å². The van der Waals surface area contributed by atoms with Gasteiger partial charge in [-0.15, -0.1) is 0 Å². The maximum Gasteiger partial charge on any atom is 0.416 e. The number of alkyl halides is 3. The maximum absolute atomic E-state index is 12.7. The fourth-order valence-electron chi connectivity index (χ4n) is 4.85. The Morgan fingerprint density at radius 1 is 0.786 bits per heavy atom.